The van der Waals surface area contributed by atoms with Crippen LogP contribution in [0.2, 0.25) is 0 Å². The second-order valence-electron chi connectivity index (χ2n) is 2.00. The van der Waals surface area contributed by atoms with Crippen molar-refractivity contribution in [2.45, 2.75) is 12.8 Å². The molecule has 0 fully saturated rings. The molecule has 58 valence electrons. The molecular formula is C9H10O2. The number of hydrogen-bond acceptors (Lipinski definition) is 1. The second kappa shape index (κ2) is 3.76. The van der Waals surface area contributed by atoms with Crippen molar-refractivity contribution >= 4 is 5.97 Å². The number of aliphatic carboxylic acids is 1. The van der Waals surface area contributed by atoms with Crippen LogP contribution in [-0.2, 0) is 11.2 Å². The molecule has 0 saturated heterocycles. The Morgan fingerprint density at radius 3 is 2.64 bits per heavy atom. The van der Waals surface area contributed by atoms with Crippen LogP contribution < -0.4 is 0 Å². The monoisotopic (exact) mass is 153 g/mol. The lowest BCUT2D eigenvalue weighted by Gasteiger charge is -1.95. The van der Waals surface area contributed by atoms with Crippen molar-refractivity contribution in [1.29, 1.82) is 0 Å². The van der Waals surface area contributed by atoms with E-state index in [9.17, 15) is 4.79 Å². The van der Waals surface area contributed by atoms with E-state index in [-0.39, 0.29) is 0 Å². The predicted molar refractivity (Wildman–Crippen MR) is 42.4 cm³/mol. The van der Waals surface area contributed by atoms with E-state index < -0.39 is 18.7 Å². The zero-order valence-electron chi connectivity index (χ0n) is 8.82. The molecule has 1 unspecified atom stereocenters. The lowest BCUT2D eigenvalue weighted by atomic mass is 10.1. The molecule has 0 saturated carbocycles. The van der Waals surface area contributed by atoms with Gasteiger partial charge in [0.25, 0.3) is 0 Å². The van der Waals surface area contributed by atoms with Crippen LogP contribution in [0.25, 0.3) is 0 Å². The summed E-state index contributed by atoms with van der Waals surface area (Å²) < 4.78 is 21.9. The van der Waals surface area contributed by atoms with Crippen molar-refractivity contribution in [3.8, 4) is 0 Å². The van der Waals surface area contributed by atoms with Gasteiger partial charge in [-0.25, -0.2) is 0 Å². The van der Waals surface area contributed by atoms with Crippen LogP contribution >= 0.6 is 0 Å². The van der Waals surface area contributed by atoms with Crippen LogP contribution in [0.15, 0.2) is 30.3 Å². The Morgan fingerprint density at radius 1 is 1.45 bits per heavy atom. The summed E-state index contributed by atoms with van der Waals surface area (Å²) in [5.74, 6) is -1.61. The highest BCUT2D eigenvalue weighted by atomic mass is 16.4. The largest absolute Gasteiger partial charge is 0.481 e. The molecule has 1 atom stereocenters. The molecule has 1 N–H and O–H groups in total. The van der Waals surface area contributed by atoms with Crippen molar-refractivity contribution in [1.82, 2.24) is 0 Å². The molecule has 0 aliphatic carbocycles. The summed E-state index contributed by atoms with van der Waals surface area (Å²) in [7, 11) is 0. The molecule has 2 heteroatoms. The number of carboxylic acids is 1. The van der Waals surface area contributed by atoms with Gasteiger partial charge in [-0.05, 0) is 12.0 Å². The van der Waals surface area contributed by atoms with Crippen LogP contribution in [0.1, 0.15) is 16.0 Å². The van der Waals surface area contributed by atoms with E-state index in [4.69, 9.17) is 9.22 Å². The van der Waals surface area contributed by atoms with Gasteiger partial charge in [-0.2, -0.15) is 0 Å². The summed E-state index contributed by atoms with van der Waals surface area (Å²) >= 11 is 0. The van der Waals surface area contributed by atoms with E-state index in [0.717, 1.165) is 0 Å². The van der Waals surface area contributed by atoms with Crippen LogP contribution in [-0.4, -0.2) is 11.1 Å². The Labute approximate surface area is 69.7 Å². The minimum atomic E-state index is -2.55. The molecule has 0 amide bonds. The fraction of sp³-hybridized carbons (Fsp3) is 0.222. The molecule has 1 aromatic carbocycles. The molecule has 0 bridgehead atoms. The summed E-state index contributed by atoms with van der Waals surface area (Å²) in [4.78, 5) is 10.5. The summed E-state index contributed by atoms with van der Waals surface area (Å²) in [5, 5.41) is 8.58. The number of benzene rings is 1. The molecule has 0 aliphatic rings. The summed E-state index contributed by atoms with van der Waals surface area (Å²) in [6.07, 6.45) is -3.96. The molecule has 0 spiro atoms. The minimum absolute atomic E-state index is 0.361. The fourth-order valence-electron chi connectivity index (χ4n) is 0.694. The summed E-state index contributed by atoms with van der Waals surface area (Å²) in [6, 6.07) is 8.10. The molecular weight excluding hydrogens is 140 g/mol. The van der Waals surface area contributed by atoms with Gasteiger partial charge in [-0.3, -0.25) is 4.79 Å². The smallest absolute Gasteiger partial charge is 0.303 e. The molecule has 0 aliphatic heterocycles. The molecule has 1 aromatic rings. The predicted octanol–water partition coefficient (Wildman–Crippen LogP) is 1.70. The highest BCUT2D eigenvalue weighted by molar-refractivity contribution is 5.67. The van der Waals surface area contributed by atoms with E-state index in [1.54, 1.807) is 30.3 Å². The Bertz CT molecular complexity index is 324. The maximum Gasteiger partial charge on any atom is 0.303 e. The highest BCUT2D eigenvalue weighted by Crippen LogP contribution is 2.01. The molecule has 0 radical (unpaired) electrons. The standard InChI is InChI=1S/C9H10O2/c10-9(11)7-6-8-4-2-1-3-5-8/h1-5H,6-7H2,(H,10,11)/i6D,7D2. The van der Waals surface area contributed by atoms with Crippen LogP contribution in [0.4, 0.5) is 0 Å². The maximum absolute atomic E-state index is 10.5. The van der Waals surface area contributed by atoms with E-state index in [1.807, 2.05) is 0 Å². The van der Waals surface area contributed by atoms with E-state index >= 15 is 0 Å². The number of carboxylic acid groups (broad SMARTS) is 1. The van der Waals surface area contributed by atoms with E-state index in [1.165, 1.54) is 0 Å². The molecule has 1 rings (SSSR count). The molecule has 0 aromatic heterocycles. The maximum atomic E-state index is 10.5. The third-order valence-electron chi connectivity index (χ3n) is 1.16. The van der Waals surface area contributed by atoms with Crippen molar-refractivity contribution in [2.24, 2.45) is 0 Å². The first-order chi connectivity index (χ1) is 6.46. The topological polar surface area (TPSA) is 37.3 Å². The Hall–Kier alpha value is -1.31. The van der Waals surface area contributed by atoms with Gasteiger partial charge in [0.15, 0.2) is 0 Å². The van der Waals surface area contributed by atoms with Gasteiger partial charge >= 0.3 is 5.97 Å². The van der Waals surface area contributed by atoms with Gasteiger partial charge in [0.05, 0.1) is 0 Å². The Morgan fingerprint density at radius 2 is 2.09 bits per heavy atom. The van der Waals surface area contributed by atoms with Crippen molar-refractivity contribution in [2.75, 3.05) is 0 Å². The summed E-state index contributed by atoms with van der Waals surface area (Å²) in [5.41, 5.74) is 0.361. The van der Waals surface area contributed by atoms with Gasteiger partial charge in [0.2, 0.25) is 0 Å². The Kier molecular flexibility index (Phi) is 1.55. The third-order valence-corrected chi connectivity index (χ3v) is 1.16. The van der Waals surface area contributed by atoms with Crippen molar-refractivity contribution < 1.29 is 14.0 Å². The van der Waals surface area contributed by atoms with E-state index in [0.29, 0.717) is 5.56 Å². The zero-order valence-corrected chi connectivity index (χ0v) is 5.82. The second-order valence-corrected chi connectivity index (χ2v) is 2.00. The van der Waals surface area contributed by atoms with Crippen LogP contribution in [0.5, 0.6) is 0 Å². The number of aryl methyl sites for hydroxylation is 1. The quantitative estimate of drug-likeness (QED) is 0.717. The third kappa shape index (κ3) is 2.85. The summed E-state index contributed by atoms with van der Waals surface area (Å²) in [6.45, 7) is 0. The minimum Gasteiger partial charge on any atom is -0.481 e. The van der Waals surface area contributed by atoms with Crippen molar-refractivity contribution in [3.05, 3.63) is 35.9 Å². The molecule has 2 nitrogen and oxygen atoms in total. The van der Waals surface area contributed by atoms with Gasteiger partial charge < -0.3 is 5.11 Å². The first-order valence-corrected chi connectivity index (χ1v) is 3.17. The molecule has 0 heterocycles. The number of hydrogen-bond donors (Lipinski definition) is 1. The van der Waals surface area contributed by atoms with Gasteiger partial charge in [-0.15, -0.1) is 0 Å². The normalized spacial score (nSPS) is 17.6. The number of carbonyl (C=O) groups is 1. The van der Waals surface area contributed by atoms with Gasteiger partial charge in [0.1, 0.15) is 0 Å². The SMILES string of the molecule is [2H]C(c1ccccc1)C([2H])([2H])C(=O)O. The highest BCUT2D eigenvalue weighted by Gasteiger charge is 1.96. The molecule has 11 heavy (non-hydrogen) atoms. The average Bonchev–Trinajstić information content (AvgIpc) is 2.17. The number of rotatable bonds is 3. The van der Waals surface area contributed by atoms with Crippen molar-refractivity contribution in [3.63, 3.8) is 0 Å². The first kappa shape index (κ1) is 4.54. The first-order valence-electron chi connectivity index (χ1n) is 4.74. The lowest BCUT2D eigenvalue weighted by molar-refractivity contribution is -0.136. The van der Waals surface area contributed by atoms with Gasteiger partial charge in [-0.1, -0.05) is 30.3 Å². The zero-order chi connectivity index (χ0) is 10.8. The van der Waals surface area contributed by atoms with Gasteiger partial charge in [0, 0.05) is 10.5 Å². The average molecular weight is 153 g/mol. The van der Waals surface area contributed by atoms with Crippen LogP contribution in [0.3, 0.4) is 0 Å². The van der Waals surface area contributed by atoms with Crippen LogP contribution in [0, 0.1) is 0 Å². The van der Waals surface area contributed by atoms with E-state index in [2.05, 4.69) is 0 Å². The lowest BCUT2D eigenvalue weighted by Crippen LogP contribution is -1.96. The Balaban J connectivity index is 2.96. The fourth-order valence-corrected chi connectivity index (χ4v) is 0.694.